The number of benzene rings is 1. The molecular weight excluding hydrogens is 321 g/mol. The SMILES string of the molecule is CNCC1CCN(C(=O)c2nc(C(C)C)n(-c3ccccc3F)n2)C1. The fourth-order valence-electron chi connectivity index (χ4n) is 3.20. The summed E-state index contributed by atoms with van der Waals surface area (Å²) < 4.78 is 15.6. The van der Waals surface area contributed by atoms with Crippen LogP contribution in [0.15, 0.2) is 24.3 Å². The lowest BCUT2D eigenvalue weighted by atomic mass is 10.1. The molecule has 0 bridgehead atoms. The standard InChI is InChI=1S/C18H24FN5O/c1-12(2)17-21-16(18(25)23-9-8-13(11-23)10-20-3)22-24(17)15-7-5-4-6-14(15)19/h4-7,12-13,20H,8-11H2,1-3H3. The number of nitrogens with zero attached hydrogens (tertiary/aromatic N) is 4. The van der Waals surface area contributed by atoms with Crippen LogP contribution in [0.4, 0.5) is 4.39 Å². The fourth-order valence-corrected chi connectivity index (χ4v) is 3.20. The first-order valence-corrected chi connectivity index (χ1v) is 8.67. The molecule has 1 saturated heterocycles. The summed E-state index contributed by atoms with van der Waals surface area (Å²) in [5.41, 5.74) is 0.312. The molecule has 1 atom stereocenters. The first kappa shape index (κ1) is 17.5. The van der Waals surface area contributed by atoms with Gasteiger partial charge in [0.25, 0.3) is 5.91 Å². The fraction of sp³-hybridized carbons (Fsp3) is 0.500. The average molecular weight is 345 g/mol. The average Bonchev–Trinajstić information content (AvgIpc) is 3.22. The minimum Gasteiger partial charge on any atom is -0.336 e. The van der Waals surface area contributed by atoms with Crippen molar-refractivity contribution in [3.63, 3.8) is 0 Å². The van der Waals surface area contributed by atoms with Crippen LogP contribution in [-0.2, 0) is 0 Å². The lowest BCUT2D eigenvalue weighted by Crippen LogP contribution is -2.31. The highest BCUT2D eigenvalue weighted by Gasteiger charge is 2.30. The van der Waals surface area contributed by atoms with Gasteiger partial charge in [-0.25, -0.2) is 14.1 Å². The van der Waals surface area contributed by atoms with Gasteiger partial charge in [-0.15, -0.1) is 5.10 Å². The number of amides is 1. The number of nitrogens with one attached hydrogen (secondary N) is 1. The van der Waals surface area contributed by atoms with Gasteiger partial charge in [-0.1, -0.05) is 26.0 Å². The molecular formula is C18H24FN5O. The Balaban J connectivity index is 1.90. The Morgan fingerprint density at radius 1 is 1.40 bits per heavy atom. The van der Waals surface area contributed by atoms with E-state index in [9.17, 15) is 9.18 Å². The Kier molecular flexibility index (Phi) is 5.13. The van der Waals surface area contributed by atoms with Crippen LogP contribution in [0.2, 0.25) is 0 Å². The number of carbonyl (C=O) groups excluding carboxylic acids is 1. The molecule has 2 heterocycles. The normalized spacial score (nSPS) is 17.5. The van der Waals surface area contributed by atoms with Gasteiger partial charge in [-0.2, -0.15) is 0 Å². The van der Waals surface area contributed by atoms with Crippen molar-refractivity contribution in [2.24, 2.45) is 5.92 Å². The second-order valence-electron chi connectivity index (χ2n) is 6.78. The maximum Gasteiger partial charge on any atom is 0.293 e. The zero-order chi connectivity index (χ0) is 18.0. The number of para-hydroxylation sites is 1. The molecule has 1 N–H and O–H groups in total. The van der Waals surface area contributed by atoms with Crippen molar-refractivity contribution in [3.8, 4) is 5.69 Å². The van der Waals surface area contributed by atoms with E-state index in [0.717, 1.165) is 13.0 Å². The first-order chi connectivity index (χ1) is 12.0. The van der Waals surface area contributed by atoms with Gasteiger partial charge < -0.3 is 10.2 Å². The van der Waals surface area contributed by atoms with Gasteiger partial charge in [-0.3, -0.25) is 4.79 Å². The number of hydrogen-bond acceptors (Lipinski definition) is 4. The number of likely N-dealkylation sites (tertiary alicyclic amines) is 1. The van der Waals surface area contributed by atoms with Crippen LogP contribution in [0.25, 0.3) is 5.69 Å². The highest BCUT2D eigenvalue weighted by Crippen LogP contribution is 2.22. The maximum atomic E-state index is 14.2. The van der Waals surface area contributed by atoms with E-state index in [1.807, 2.05) is 20.9 Å². The number of rotatable bonds is 5. The Morgan fingerprint density at radius 3 is 2.84 bits per heavy atom. The molecule has 1 amide bonds. The topological polar surface area (TPSA) is 63.1 Å². The summed E-state index contributed by atoms with van der Waals surface area (Å²) in [5, 5.41) is 7.49. The van der Waals surface area contributed by atoms with Gasteiger partial charge in [0.1, 0.15) is 17.3 Å². The minimum atomic E-state index is -0.386. The molecule has 134 valence electrons. The number of halogens is 1. The van der Waals surface area contributed by atoms with Gasteiger partial charge in [0.2, 0.25) is 5.82 Å². The zero-order valence-electron chi connectivity index (χ0n) is 14.9. The van der Waals surface area contributed by atoms with E-state index in [2.05, 4.69) is 15.4 Å². The second-order valence-corrected chi connectivity index (χ2v) is 6.78. The first-order valence-electron chi connectivity index (χ1n) is 8.67. The van der Waals surface area contributed by atoms with Crippen molar-refractivity contribution in [3.05, 3.63) is 41.7 Å². The molecule has 7 heteroatoms. The molecule has 25 heavy (non-hydrogen) atoms. The molecule has 3 rings (SSSR count). The summed E-state index contributed by atoms with van der Waals surface area (Å²) in [5.74, 6) is 0.618. The zero-order valence-corrected chi connectivity index (χ0v) is 14.9. The molecule has 1 unspecified atom stereocenters. The van der Waals surface area contributed by atoms with E-state index < -0.39 is 0 Å². The third-order valence-corrected chi connectivity index (χ3v) is 4.49. The maximum absolute atomic E-state index is 14.2. The number of carbonyl (C=O) groups is 1. The largest absolute Gasteiger partial charge is 0.336 e. The van der Waals surface area contributed by atoms with E-state index in [0.29, 0.717) is 30.5 Å². The molecule has 1 aliphatic heterocycles. The van der Waals surface area contributed by atoms with E-state index in [4.69, 9.17) is 0 Å². The predicted molar refractivity (Wildman–Crippen MR) is 93.3 cm³/mol. The lowest BCUT2D eigenvalue weighted by molar-refractivity contribution is 0.0775. The molecule has 6 nitrogen and oxygen atoms in total. The molecule has 1 aromatic carbocycles. The van der Waals surface area contributed by atoms with Crippen molar-refractivity contribution >= 4 is 5.91 Å². The molecule has 0 aliphatic carbocycles. The second kappa shape index (κ2) is 7.31. The van der Waals surface area contributed by atoms with Crippen LogP contribution in [0.3, 0.4) is 0 Å². The summed E-state index contributed by atoms with van der Waals surface area (Å²) >= 11 is 0. The summed E-state index contributed by atoms with van der Waals surface area (Å²) in [6.07, 6.45) is 0.970. The van der Waals surface area contributed by atoms with Crippen LogP contribution in [0.1, 0.15) is 42.6 Å². The Hall–Kier alpha value is -2.28. The van der Waals surface area contributed by atoms with Gasteiger partial charge in [0.15, 0.2) is 0 Å². The van der Waals surface area contributed by atoms with Gasteiger partial charge in [-0.05, 0) is 38.1 Å². The van der Waals surface area contributed by atoms with E-state index >= 15 is 0 Å². The molecule has 0 saturated carbocycles. The van der Waals surface area contributed by atoms with Crippen molar-refractivity contribution in [1.29, 1.82) is 0 Å². The predicted octanol–water partition coefficient (Wildman–Crippen LogP) is 2.21. The van der Waals surface area contributed by atoms with E-state index in [1.54, 1.807) is 23.1 Å². The lowest BCUT2D eigenvalue weighted by Gasteiger charge is -2.14. The van der Waals surface area contributed by atoms with Crippen molar-refractivity contribution < 1.29 is 9.18 Å². The molecule has 0 spiro atoms. The van der Waals surface area contributed by atoms with Crippen LogP contribution >= 0.6 is 0 Å². The minimum absolute atomic E-state index is 0.0178. The van der Waals surface area contributed by atoms with Gasteiger partial charge >= 0.3 is 0 Å². The number of hydrogen-bond donors (Lipinski definition) is 1. The number of aromatic nitrogens is 3. The van der Waals surface area contributed by atoms with Crippen LogP contribution in [-0.4, -0.2) is 52.3 Å². The highest BCUT2D eigenvalue weighted by atomic mass is 19.1. The smallest absolute Gasteiger partial charge is 0.293 e. The van der Waals surface area contributed by atoms with Crippen molar-refractivity contribution in [2.45, 2.75) is 26.2 Å². The third kappa shape index (κ3) is 3.56. The summed E-state index contributed by atoms with van der Waals surface area (Å²) in [7, 11) is 1.91. The molecule has 1 aliphatic rings. The molecule has 1 aromatic heterocycles. The molecule has 2 aromatic rings. The highest BCUT2D eigenvalue weighted by molar-refractivity contribution is 5.90. The van der Waals surface area contributed by atoms with E-state index in [1.165, 1.54) is 10.7 Å². The van der Waals surface area contributed by atoms with Crippen molar-refractivity contribution in [1.82, 2.24) is 25.0 Å². The molecule has 0 radical (unpaired) electrons. The summed E-state index contributed by atoms with van der Waals surface area (Å²) in [6, 6.07) is 6.39. The van der Waals surface area contributed by atoms with Gasteiger partial charge in [0, 0.05) is 19.0 Å². The Bertz CT molecular complexity index is 758. The van der Waals surface area contributed by atoms with Crippen molar-refractivity contribution in [2.75, 3.05) is 26.7 Å². The Labute approximate surface area is 147 Å². The quantitative estimate of drug-likeness (QED) is 0.902. The van der Waals surface area contributed by atoms with E-state index in [-0.39, 0.29) is 23.5 Å². The van der Waals surface area contributed by atoms with Crippen LogP contribution in [0.5, 0.6) is 0 Å². The van der Waals surface area contributed by atoms with Crippen LogP contribution < -0.4 is 5.32 Å². The third-order valence-electron chi connectivity index (χ3n) is 4.49. The monoisotopic (exact) mass is 345 g/mol. The van der Waals surface area contributed by atoms with Crippen LogP contribution in [0, 0.1) is 11.7 Å². The molecule has 1 fully saturated rings. The summed E-state index contributed by atoms with van der Waals surface area (Å²) in [4.78, 5) is 19.0. The summed E-state index contributed by atoms with van der Waals surface area (Å²) in [6.45, 7) is 6.20. The van der Waals surface area contributed by atoms with Gasteiger partial charge in [0.05, 0.1) is 0 Å². The Morgan fingerprint density at radius 2 is 2.16 bits per heavy atom.